The molecule has 1 aliphatic rings. The predicted molar refractivity (Wildman–Crippen MR) is 63.5 cm³/mol. The van der Waals surface area contributed by atoms with Crippen molar-refractivity contribution in [3.05, 3.63) is 28.7 Å². The Balaban J connectivity index is 1.78. The van der Waals surface area contributed by atoms with Gasteiger partial charge in [0.25, 0.3) is 5.56 Å². The molecule has 0 unspecified atom stereocenters. The Hall–Kier alpha value is -1.65. The number of nitrogens with zero attached hydrogens (tertiary/aromatic N) is 2. The maximum Gasteiger partial charge on any atom is 0.266 e. The first-order chi connectivity index (χ1) is 8.27. The zero-order valence-electron chi connectivity index (χ0n) is 9.76. The topological polar surface area (TPSA) is 64.0 Å². The highest BCUT2D eigenvalue weighted by atomic mass is 16.2. The van der Waals surface area contributed by atoms with Crippen LogP contribution in [0.2, 0.25) is 0 Å². The van der Waals surface area contributed by atoms with Crippen LogP contribution in [0.3, 0.4) is 0 Å². The van der Waals surface area contributed by atoms with E-state index in [1.807, 2.05) is 0 Å². The third-order valence-corrected chi connectivity index (χ3v) is 3.13. The van der Waals surface area contributed by atoms with Gasteiger partial charge in [0.05, 0.1) is 6.54 Å². The lowest BCUT2D eigenvalue weighted by Gasteiger charge is -2.10. The third kappa shape index (κ3) is 3.15. The second kappa shape index (κ2) is 5.61. The van der Waals surface area contributed by atoms with Crippen molar-refractivity contribution in [1.29, 1.82) is 0 Å². The van der Waals surface area contributed by atoms with Crippen molar-refractivity contribution >= 4 is 5.91 Å². The standard InChI is InChI=1S/C12H17N3O2/c16-11-6-3-7-14-15(11)9-8-13-12(17)10-4-1-2-5-10/h3,6-7,10H,1-2,4-5,8-9H2,(H,13,17). The summed E-state index contributed by atoms with van der Waals surface area (Å²) in [6.45, 7) is 0.893. The molecular formula is C12H17N3O2. The van der Waals surface area contributed by atoms with E-state index >= 15 is 0 Å². The van der Waals surface area contributed by atoms with E-state index in [0.29, 0.717) is 13.1 Å². The van der Waals surface area contributed by atoms with Gasteiger partial charge in [-0.3, -0.25) is 9.59 Å². The Morgan fingerprint density at radius 1 is 1.47 bits per heavy atom. The Labute approximate surface area is 99.8 Å². The molecule has 1 aliphatic carbocycles. The van der Waals surface area contributed by atoms with Crippen LogP contribution in [0.15, 0.2) is 23.1 Å². The molecule has 0 saturated heterocycles. The van der Waals surface area contributed by atoms with E-state index in [9.17, 15) is 9.59 Å². The minimum absolute atomic E-state index is 0.117. The van der Waals surface area contributed by atoms with Crippen molar-refractivity contribution in [1.82, 2.24) is 15.1 Å². The molecule has 0 spiro atoms. The van der Waals surface area contributed by atoms with Crippen LogP contribution in [0.5, 0.6) is 0 Å². The largest absolute Gasteiger partial charge is 0.354 e. The fraction of sp³-hybridized carbons (Fsp3) is 0.583. The van der Waals surface area contributed by atoms with Crippen LogP contribution in [-0.2, 0) is 11.3 Å². The van der Waals surface area contributed by atoms with Gasteiger partial charge >= 0.3 is 0 Å². The van der Waals surface area contributed by atoms with E-state index in [2.05, 4.69) is 10.4 Å². The number of aromatic nitrogens is 2. The second-order valence-corrected chi connectivity index (χ2v) is 4.36. The first-order valence-corrected chi connectivity index (χ1v) is 6.07. The van der Waals surface area contributed by atoms with Gasteiger partial charge in [-0.2, -0.15) is 5.10 Å². The summed E-state index contributed by atoms with van der Waals surface area (Å²) >= 11 is 0. The van der Waals surface area contributed by atoms with Crippen LogP contribution in [0.25, 0.3) is 0 Å². The van der Waals surface area contributed by atoms with E-state index < -0.39 is 0 Å². The zero-order chi connectivity index (χ0) is 12.1. The summed E-state index contributed by atoms with van der Waals surface area (Å²) in [6, 6.07) is 3.07. The highest BCUT2D eigenvalue weighted by molar-refractivity contribution is 5.78. The summed E-state index contributed by atoms with van der Waals surface area (Å²) in [6.07, 6.45) is 5.86. The zero-order valence-corrected chi connectivity index (χ0v) is 9.76. The van der Waals surface area contributed by atoms with Gasteiger partial charge in [-0.05, 0) is 18.9 Å². The molecule has 5 nitrogen and oxygen atoms in total. The van der Waals surface area contributed by atoms with Crippen LogP contribution in [0.4, 0.5) is 0 Å². The number of hydrogen-bond donors (Lipinski definition) is 1. The molecular weight excluding hydrogens is 218 g/mol. The second-order valence-electron chi connectivity index (χ2n) is 4.36. The van der Waals surface area contributed by atoms with Gasteiger partial charge in [-0.15, -0.1) is 0 Å². The van der Waals surface area contributed by atoms with Crippen molar-refractivity contribution in [2.24, 2.45) is 5.92 Å². The lowest BCUT2D eigenvalue weighted by Crippen LogP contribution is -2.34. The van der Waals surface area contributed by atoms with E-state index in [1.54, 1.807) is 12.3 Å². The van der Waals surface area contributed by atoms with Gasteiger partial charge in [0.15, 0.2) is 0 Å². The molecule has 17 heavy (non-hydrogen) atoms. The maximum absolute atomic E-state index is 11.7. The van der Waals surface area contributed by atoms with Gasteiger partial charge in [-0.25, -0.2) is 4.68 Å². The predicted octanol–water partition coefficient (Wildman–Crippen LogP) is 0.550. The number of nitrogens with one attached hydrogen (secondary N) is 1. The van der Waals surface area contributed by atoms with Crippen molar-refractivity contribution in [2.75, 3.05) is 6.54 Å². The Kier molecular flexibility index (Phi) is 3.90. The maximum atomic E-state index is 11.7. The molecule has 0 aromatic carbocycles. The summed E-state index contributed by atoms with van der Waals surface area (Å²) in [4.78, 5) is 23.0. The van der Waals surface area contributed by atoms with Gasteiger partial charge in [0.2, 0.25) is 5.91 Å². The number of carbonyl (C=O) groups excluding carboxylic acids is 1. The Morgan fingerprint density at radius 2 is 2.24 bits per heavy atom. The lowest BCUT2D eigenvalue weighted by molar-refractivity contribution is -0.124. The SMILES string of the molecule is O=C(NCCn1ncccc1=O)C1CCCC1. The van der Waals surface area contributed by atoms with Gasteiger partial charge in [-0.1, -0.05) is 12.8 Å². The molecule has 1 heterocycles. The highest BCUT2D eigenvalue weighted by Gasteiger charge is 2.21. The molecule has 1 amide bonds. The summed E-state index contributed by atoms with van der Waals surface area (Å²) < 4.78 is 1.36. The number of hydrogen-bond acceptors (Lipinski definition) is 3. The highest BCUT2D eigenvalue weighted by Crippen LogP contribution is 2.24. The summed E-state index contributed by atoms with van der Waals surface area (Å²) in [5, 5.41) is 6.79. The van der Waals surface area contributed by atoms with Crippen LogP contribution < -0.4 is 10.9 Å². The number of amides is 1. The van der Waals surface area contributed by atoms with E-state index in [0.717, 1.165) is 25.7 Å². The van der Waals surface area contributed by atoms with Crippen molar-refractivity contribution < 1.29 is 4.79 Å². The monoisotopic (exact) mass is 235 g/mol. The molecule has 1 fully saturated rings. The molecule has 1 aromatic heterocycles. The molecule has 5 heteroatoms. The quantitative estimate of drug-likeness (QED) is 0.829. The van der Waals surface area contributed by atoms with Crippen LogP contribution in [0, 0.1) is 5.92 Å². The molecule has 1 aromatic rings. The molecule has 1 saturated carbocycles. The molecule has 0 bridgehead atoms. The lowest BCUT2D eigenvalue weighted by atomic mass is 10.1. The molecule has 0 aliphatic heterocycles. The average Bonchev–Trinajstić information content (AvgIpc) is 2.85. The van der Waals surface area contributed by atoms with Gasteiger partial charge in [0, 0.05) is 24.7 Å². The molecule has 2 rings (SSSR count). The fourth-order valence-electron chi connectivity index (χ4n) is 2.17. The third-order valence-electron chi connectivity index (χ3n) is 3.13. The molecule has 1 N–H and O–H groups in total. The van der Waals surface area contributed by atoms with Gasteiger partial charge in [0.1, 0.15) is 0 Å². The Bertz CT molecular complexity index is 435. The van der Waals surface area contributed by atoms with Crippen molar-refractivity contribution in [3.63, 3.8) is 0 Å². The first kappa shape index (κ1) is 11.8. The first-order valence-electron chi connectivity index (χ1n) is 6.07. The smallest absolute Gasteiger partial charge is 0.266 e. The van der Waals surface area contributed by atoms with Crippen molar-refractivity contribution in [3.8, 4) is 0 Å². The average molecular weight is 235 g/mol. The summed E-state index contributed by atoms with van der Waals surface area (Å²) in [5.41, 5.74) is -0.136. The summed E-state index contributed by atoms with van der Waals surface area (Å²) in [5.74, 6) is 0.293. The van der Waals surface area contributed by atoms with Gasteiger partial charge < -0.3 is 5.32 Å². The number of rotatable bonds is 4. The van der Waals surface area contributed by atoms with Crippen LogP contribution in [-0.4, -0.2) is 22.2 Å². The van der Waals surface area contributed by atoms with Crippen LogP contribution in [0.1, 0.15) is 25.7 Å². The molecule has 92 valence electrons. The minimum Gasteiger partial charge on any atom is -0.354 e. The number of carbonyl (C=O) groups is 1. The fourth-order valence-corrected chi connectivity index (χ4v) is 2.17. The van der Waals surface area contributed by atoms with Crippen molar-refractivity contribution in [2.45, 2.75) is 32.2 Å². The van der Waals surface area contributed by atoms with Crippen LogP contribution >= 0.6 is 0 Å². The summed E-state index contributed by atoms with van der Waals surface area (Å²) in [7, 11) is 0. The normalized spacial score (nSPS) is 16.0. The molecule has 0 atom stereocenters. The van der Waals surface area contributed by atoms with E-state index in [1.165, 1.54) is 10.7 Å². The van der Waals surface area contributed by atoms with E-state index in [-0.39, 0.29) is 17.4 Å². The minimum atomic E-state index is -0.136. The molecule has 0 radical (unpaired) electrons. The van der Waals surface area contributed by atoms with E-state index in [4.69, 9.17) is 0 Å². The Morgan fingerprint density at radius 3 is 2.94 bits per heavy atom.